The van der Waals surface area contributed by atoms with E-state index < -0.39 is 14.8 Å². The number of hydrogen-bond acceptors (Lipinski definition) is 3. The van der Waals surface area contributed by atoms with Gasteiger partial charge < -0.3 is 4.74 Å². The number of benzene rings is 1. The van der Waals surface area contributed by atoms with Crippen LogP contribution in [0.5, 0.6) is 5.75 Å². The van der Waals surface area contributed by atoms with Crippen molar-refractivity contribution in [2.75, 3.05) is 7.11 Å². The molecule has 0 heterocycles. The SMILES string of the molecule is COc1cc(/C=N/S(=O)(=O)C(C)(C)C)ccc1Br. The minimum atomic E-state index is -3.51. The number of methoxy groups -OCH3 is 1. The van der Waals surface area contributed by atoms with Crippen molar-refractivity contribution in [3.05, 3.63) is 28.2 Å². The fourth-order valence-corrected chi connectivity index (χ4v) is 2.03. The third-order valence-corrected chi connectivity index (χ3v) is 4.88. The van der Waals surface area contributed by atoms with Crippen LogP contribution in [0.15, 0.2) is 27.1 Å². The van der Waals surface area contributed by atoms with Gasteiger partial charge in [0.2, 0.25) is 0 Å². The number of halogens is 1. The predicted octanol–water partition coefficient (Wildman–Crippen LogP) is 3.00. The maximum absolute atomic E-state index is 11.8. The topological polar surface area (TPSA) is 55.7 Å². The van der Waals surface area contributed by atoms with E-state index in [4.69, 9.17) is 4.74 Å². The van der Waals surface area contributed by atoms with Crippen LogP contribution >= 0.6 is 15.9 Å². The third-order valence-electron chi connectivity index (χ3n) is 2.29. The Balaban J connectivity index is 3.06. The summed E-state index contributed by atoms with van der Waals surface area (Å²) in [6.07, 6.45) is 1.33. The van der Waals surface area contributed by atoms with Crippen LogP contribution in [0, 0.1) is 0 Å². The lowest BCUT2D eigenvalue weighted by molar-refractivity contribution is 0.412. The van der Waals surface area contributed by atoms with Gasteiger partial charge in [0.05, 0.1) is 16.3 Å². The maximum atomic E-state index is 11.8. The second-order valence-electron chi connectivity index (χ2n) is 4.72. The molecule has 0 aliphatic heterocycles. The Hall–Kier alpha value is -0.880. The molecule has 0 saturated carbocycles. The van der Waals surface area contributed by atoms with Gasteiger partial charge in [0.15, 0.2) is 0 Å². The van der Waals surface area contributed by atoms with Crippen LogP contribution in [-0.4, -0.2) is 26.5 Å². The molecule has 0 unspecified atom stereocenters. The highest BCUT2D eigenvalue weighted by atomic mass is 79.9. The molecule has 18 heavy (non-hydrogen) atoms. The highest BCUT2D eigenvalue weighted by Gasteiger charge is 2.27. The van der Waals surface area contributed by atoms with Crippen molar-refractivity contribution in [2.24, 2.45) is 4.40 Å². The van der Waals surface area contributed by atoms with Crippen molar-refractivity contribution < 1.29 is 13.2 Å². The molecule has 0 aromatic heterocycles. The van der Waals surface area contributed by atoms with Gasteiger partial charge in [-0.2, -0.15) is 4.40 Å². The Kier molecular flexibility index (Phi) is 4.55. The third kappa shape index (κ3) is 3.55. The van der Waals surface area contributed by atoms with E-state index in [0.717, 1.165) is 4.47 Å². The lowest BCUT2D eigenvalue weighted by atomic mass is 10.2. The van der Waals surface area contributed by atoms with E-state index in [9.17, 15) is 8.42 Å². The molecular formula is C12H16BrNO3S. The van der Waals surface area contributed by atoms with E-state index in [1.807, 2.05) is 0 Å². The van der Waals surface area contributed by atoms with Gasteiger partial charge in [-0.1, -0.05) is 6.07 Å². The summed E-state index contributed by atoms with van der Waals surface area (Å²) in [5.41, 5.74) is 0.669. The number of rotatable bonds is 3. The molecular weight excluding hydrogens is 318 g/mol. The van der Waals surface area contributed by atoms with Crippen LogP contribution in [-0.2, 0) is 10.0 Å². The molecule has 0 radical (unpaired) electrons. The number of nitrogens with zero attached hydrogens (tertiary/aromatic N) is 1. The van der Waals surface area contributed by atoms with Gasteiger partial charge in [-0.3, -0.25) is 0 Å². The molecule has 0 saturated heterocycles. The summed E-state index contributed by atoms with van der Waals surface area (Å²) in [5.74, 6) is 0.632. The van der Waals surface area contributed by atoms with Crippen LogP contribution in [0.2, 0.25) is 0 Å². The fraction of sp³-hybridized carbons (Fsp3) is 0.417. The van der Waals surface area contributed by atoms with E-state index in [1.165, 1.54) is 6.21 Å². The lowest BCUT2D eigenvalue weighted by Crippen LogP contribution is -2.25. The van der Waals surface area contributed by atoms with Crippen LogP contribution in [0.1, 0.15) is 26.3 Å². The smallest absolute Gasteiger partial charge is 0.258 e. The Morgan fingerprint density at radius 3 is 2.44 bits per heavy atom. The average Bonchev–Trinajstić information content (AvgIpc) is 2.26. The van der Waals surface area contributed by atoms with E-state index in [2.05, 4.69) is 20.3 Å². The van der Waals surface area contributed by atoms with Crippen LogP contribution in [0.3, 0.4) is 0 Å². The maximum Gasteiger partial charge on any atom is 0.258 e. The number of ether oxygens (including phenoxy) is 1. The summed E-state index contributed by atoms with van der Waals surface area (Å²) >= 11 is 3.33. The molecule has 1 rings (SSSR count). The van der Waals surface area contributed by atoms with E-state index in [0.29, 0.717) is 11.3 Å². The minimum Gasteiger partial charge on any atom is -0.496 e. The largest absolute Gasteiger partial charge is 0.496 e. The summed E-state index contributed by atoms with van der Waals surface area (Å²) in [6.45, 7) is 4.84. The molecule has 100 valence electrons. The number of hydrogen-bond donors (Lipinski definition) is 0. The molecule has 6 heteroatoms. The Labute approximate surface area is 116 Å². The highest BCUT2D eigenvalue weighted by Crippen LogP contribution is 2.25. The molecule has 1 aromatic carbocycles. The molecule has 4 nitrogen and oxygen atoms in total. The van der Waals surface area contributed by atoms with Gasteiger partial charge >= 0.3 is 0 Å². The molecule has 0 aliphatic carbocycles. The van der Waals surface area contributed by atoms with Crippen molar-refractivity contribution >= 4 is 32.2 Å². The second kappa shape index (κ2) is 5.40. The Morgan fingerprint density at radius 2 is 1.94 bits per heavy atom. The predicted molar refractivity (Wildman–Crippen MR) is 77.0 cm³/mol. The van der Waals surface area contributed by atoms with Crippen molar-refractivity contribution in [3.8, 4) is 5.75 Å². The van der Waals surface area contributed by atoms with Crippen LogP contribution < -0.4 is 4.74 Å². The van der Waals surface area contributed by atoms with Gasteiger partial charge in [-0.05, 0) is 54.4 Å². The first-order chi connectivity index (χ1) is 8.17. The summed E-state index contributed by atoms with van der Waals surface area (Å²) in [5, 5.41) is 0. The standard InChI is InChI=1S/C12H16BrNO3S/c1-12(2,3)18(15,16)14-8-9-5-6-10(13)11(7-9)17-4/h5-8H,1-4H3/b14-8+. The zero-order chi connectivity index (χ0) is 14.0. The number of sulfonamides is 1. The summed E-state index contributed by atoms with van der Waals surface area (Å²) in [6, 6.07) is 5.25. The van der Waals surface area contributed by atoms with Crippen molar-refractivity contribution in [2.45, 2.75) is 25.5 Å². The molecule has 1 aromatic rings. The van der Waals surface area contributed by atoms with Gasteiger partial charge in [0.1, 0.15) is 5.75 Å². The monoisotopic (exact) mass is 333 g/mol. The van der Waals surface area contributed by atoms with E-state index in [-0.39, 0.29) is 0 Å². The second-order valence-corrected chi connectivity index (χ2v) is 7.96. The highest BCUT2D eigenvalue weighted by molar-refractivity contribution is 9.10. The van der Waals surface area contributed by atoms with Gasteiger partial charge in [0.25, 0.3) is 10.0 Å². The summed E-state index contributed by atoms with van der Waals surface area (Å²) in [7, 11) is -1.96. The first-order valence-corrected chi connectivity index (χ1v) is 7.54. The molecule has 0 bridgehead atoms. The molecule has 0 atom stereocenters. The molecule has 0 fully saturated rings. The van der Waals surface area contributed by atoms with E-state index >= 15 is 0 Å². The zero-order valence-electron chi connectivity index (χ0n) is 10.8. The first kappa shape index (κ1) is 15.2. The molecule has 0 spiro atoms. The normalized spacial score (nSPS) is 12.9. The van der Waals surface area contributed by atoms with Gasteiger partial charge in [-0.25, -0.2) is 8.42 Å². The van der Waals surface area contributed by atoms with Crippen LogP contribution in [0.4, 0.5) is 0 Å². The molecule has 0 N–H and O–H groups in total. The van der Waals surface area contributed by atoms with Crippen LogP contribution in [0.25, 0.3) is 0 Å². The molecule has 0 aliphatic rings. The summed E-state index contributed by atoms with van der Waals surface area (Å²) < 4.78 is 32.3. The fourth-order valence-electron chi connectivity index (χ4n) is 1.05. The Bertz CT molecular complexity index is 559. The van der Waals surface area contributed by atoms with Gasteiger partial charge in [-0.15, -0.1) is 0 Å². The molecule has 0 amide bonds. The van der Waals surface area contributed by atoms with E-state index in [1.54, 1.807) is 46.1 Å². The zero-order valence-corrected chi connectivity index (χ0v) is 13.2. The summed E-state index contributed by atoms with van der Waals surface area (Å²) in [4.78, 5) is 0. The van der Waals surface area contributed by atoms with Crippen molar-refractivity contribution in [1.82, 2.24) is 0 Å². The quantitative estimate of drug-likeness (QED) is 0.799. The van der Waals surface area contributed by atoms with Gasteiger partial charge in [0, 0.05) is 6.21 Å². The first-order valence-electron chi connectivity index (χ1n) is 5.31. The minimum absolute atomic E-state index is 0.632. The van der Waals surface area contributed by atoms with Crippen molar-refractivity contribution in [1.29, 1.82) is 0 Å². The Morgan fingerprint density at radius 1 is 1.33 bits per heavy atom. The average molecular weight is 334 g/mol. The lowest BCUT2D eigenvalue weighted by Gasteiger charge is -2.14. The van der Waals surface area contributed by atoms with Crippen molar-refractivity contribution in [3.63, 3.8) is 0 Å².